The van der Waals surface area contributed by atoms with E-state index in [-0.39, 0.29) is 12.4 Å². The molecule has 0 radical (unpaired) electrons. The SMILES string of the molecule is Cc1cc2c(C3=CCCCC3CN(C)C)cccc2s1.Cl. The van der Waals surface area contributed by atoms with E-state index in [0.717, 1.165) is 6.54 Å². The van der Waals surface area contributed by atoms with Crippen LogP contribution in [-0.2, 0) is 0 Å². The molecule has 0 fully saturated rings. The summed E-state index contributed by atoms with van der Waals surface area (Å²) in [6, 6.07) is 9.14. The maximum absolute atomic E-state index is 2.49. The maximum Gasteiger partial charge on any atom is 0.0351 e. The molecule has 3 rings (SSSR count). The van der Waals surface area contributed by atoms with Gasteiger partial charge in [0.25, 0.3) is 0 Å². The normalized spacial score (nSPS) is 18.7. The van der Waals surface area contributed by atoms with Gasteiger partial charge in [-0.15, -0.1) is 23.7 Å². The highest BCUT2D eigenvalue weighted by atomic mass is 35.5. The van der Waals surface area contributed by atoms with Gasteiger partial charge in [-0.1, -0.05) is 18.2 Å². The van der Waals surface area contributed by atoms with Crippen molar-refractivity contribution in [3.05, 3.63) is 40.8 Å². The molecule has 2 aromatic rings. The average molecular weight is 322 g/mol. The van der Waals surface area contributed by atoms with Gasteiger partial charge in [0, 0.05) is 21.5 Å². The molecule has 3 heteroatoms. The van der Waals surface area contributed by atoms with Crippen LogP contribution in [-0.4, -0.2) is 25.5 Å². The van der Waals surface area contributed by atoms with Crippen LogP contribution in [0.3, 0.4) is 0 Å². The third-order valence-corrected chi connectivity index (χ3v) is 5.16. The molecule has 0 aliphatic heterocycles. The second-order valence-electron chi connectivity index (χ2n) is 6.12. The van der Waals surface area contributed by atoms with Crippen LogP contribution in [0.5, 0.6) is 0 Å². The van der Waals surface area contributed by atoms with Gasteiger partial charge in [-0.2, -0.15) is 0 Å². The zero-order chi connectivity index (χ0) is 14.1. The minimum absolute atomic E-state index is 0. The van der Waals surface area contributed by atoms with Gasteiger partial charge in [0.2, 0.25) is 0 Å². The number of rotatable bonds is 3. The minimum Gasteiger partial charge on any atom is -0.309 e. The van der Waals surface area contributed by atoms with E-state index < -0.39 is 0 Å². The first-order valence-electron chi connectivity index (χ1n) is 7.49. The fourth-order valence-electron chi connectivity index (χ4n) is 3.34. The lowest BCUT2D eigenvalue weighted by Gasteiger charge is -2.27. The molecule has 1 aromatic carbocycles. The van der Waals surface area contributed by atoms with Crippen molar-refractivity contribution < 1.29 is 0 Å². The van der Waals surface area contributed by atoms with Gasteiger partial charge in [0.1, 0.15) is 0 Å². The van der Waals surface area contributed by atoms with Crippen molar-refractivity contribution in [2.45, 2.75) is 26.2 Å². The summed E-state index contributed by atoms with van der Waals surface area (Å²) in [5.41, 5.74) is 3.05. The molecule has 1 atom stereocenters. The van der Waals surface area contributed by atoms with E-state index in [1.807, 2.05) is 11.3 Å². The maximum atomic E-state index is 2.49. The Labute approximate surface area is 138 Å². The van der Waals surface area contributed by atoms with E-state index in [9.17, 15) is 0 Å². The second kappa shape index (κ2) is 6.95. The third-order valence-electron chi connectivity index (χ3n) is 4.14. The number of thiophene rings is 1. The van der Waals surface area contributed by atoms with Gasteiger partial charge >= 0.3 is 0 Å². The number of aryl methyl sites for hydroxylation is 1. The molecular weight excluding hydrogens is 298 g/mol. The molecule has 0 spiro atoms. The summed E-state index contributed by atoms with van der Waals surface area (Å²) >= 11 is 1.91. The highest BCUT2D eigenvalue weighted by molar-refractivity contribution is 7.19. The van der Waals surface area contributed by atoms with Crippen LogP contribution >= 0.6 is 23.7 Å². The Bertz CT molecular complexity index is 642. The van der Waals surface area contributed by atoms with E-state index in [1.165, 1.54) is 39.8 Å². The first kappa shape index (κ1) is 16.5. The van der Waals surface area contributed by atoms with Gasteiger partial charge in [-0.25, -0.2) is 0 Å². The number of hydrogen-bond donors (Lipinski definition) is 0. The summed E-state index contributed by atoms with van der Waals surface area (Å²) in [6.45, 7) is 3.37. The van der Waals surface area contributed by atoms with Crippen LogP contribution in [0.1, 0.15) is 29.7 Å². The standard InChI is InChI=1S/C18H23NS.ClH/c1-13-11-17-16(9-6-10-18(17)20-13)15-8-5-4-7-14(15)12-19(2)3;/h6,8-11,14H,4-5,7,12H2,1-3H3;1H. The van der Waals surface area contributed by atoms with Crippen LogP contribution in [0.2, 0.25) is 0 Å². The van der Waals surface area contributed by atoms with Crippen molar-refractivity contribution in [3.63, 3.8) is 0 Å². The highest BCUT2D eigenvalue weighted by Gasteiger charge is 2.21. The molecular formula is C18H24ClNS. The van der Waals surface area contributed by atoms with Crippen molar-refractivity contribution in [2.75, 3.05) is 20.6 Å². The van der Waals surface area contributed by atoms with Crippen LogP contribution in [0, 0.1) is 12.8 Å². The third kappa shape index (κ3) is 3.50. The molecule has 1 heterocycles. The van der Waals surface area contributed by atoms with Crippen LogP contribution in [0.15, 0.2) is 30.3 Å². The lowest BCUT2D eigenvalue weighted by molar-refractivity contribution is 0.347. The summed E-state index contributed by atoms with van der Waals surface area (Å²) in [7, 11) is 4.36. The molecule has 0 N–H and O–H groups in total. The van der Waals surface area contributed by atoms with Crippen molar-refractivity contribution in [1.82, 2.24) is 4.90 Å². The molecule has 1 aromatic heterocycles. The summed E-state index contributed by atoms with van der Waals surface area (Å²) in [5, 5.41) is 1.45. The number of nitrogens with zero attached hydrogens (tertiary/aromatic N) is 1. The number of hydrogen-bond acceptors (Lipinski definition) is 2. The fraction of sp³-hybridized carbons (Fsp3) is 0.444. The lowest BCUT2D eigenvalue weighted by Crippen LogP contribution is -2.24. The summed E-state index contributed by atoms with van der Waals surface area (Å²) < 4.78 is 1.43. The number of halogens is 1. The molecule has 1 aliphatic carbocycles. The van der Waals surface area contributed by atoms with E-state index in [1.54, 1.807) is 5.57 Å². The van der Waals surface area contributed by atoms with E-state index in [0.29, 0.717) is 5.92 Å². The second-order valence-corrected chi connectivity index (χ2v) is 7.41. The molecule has 0 bridgehead atoms. The lowest BCUT2D eigenvalue weighted by atomic mass is 9.82. The van der Waals surface area contributed by atoms with Crippen LogP contribution < -0.4 is 0 Å². The number of fused-ring (bicyclic) bond motifs is 1. The predicted molar refractivity (Wildman–Crippen MR) is 97.7 cm³/mol. The molecule has 1 aliphatic rings. The topological polar surface area (TPSA) is 3.24 Å². The Morgan fingerprint density at radius 1 is 1.29 bits per heavy atom. The predicted octanol–water partition coefficient (Wildman–Crippen LogP) is 5.38. The van der Waals surface area contributed by atoms with Gasteiger partial charge in [-0.3, -0.25) is 0 Å². The van der Waals surface area contributed by atoms with E-state index in [2.05, 4.69) is 56.3 Å². The molecule has 1 unspecified atom stereocenters. The fourth-order valence-corrected chi connectivity index (χ4v) is 4.29. The van der Waals surface area contributed by atoms with Crippen molar-refractivity contribution in [3.8, 4) is 0 Å². The average Bonchev–Trinajstić information content (AvgIpc) is 2.79. The monoisotopic (exact) mass is 321 g/mol. The zero-order valence-corrected chi connectivity index (χ0v) is 14.7. The summed E-state index contributed by atoms with van der Waals surface area (Å²) in [5.74, 6) is 0.685. The smallest absolute Gasteiger partial charge is 0.0351 e. The Morgan fingerprint density at radius 2 is 2.10 bits per heavy atom. The molecule has 114 valence electrons. The first-order valence-corrected chi connectivity index (χ1v) is 8.31. The highest BCUT2D eigenvalue weighted by Crippen LogP contribution is 2.38. The molecule has 0 saturated heterocycles. The van der Waals surface area contributed by atoms with Crippen molar-refractivity contribution in [1.29, 1.82) is 0 Å². The largest absolute Gasteiger partial charge is 0.309 e. The zero-order valence-electron chi connectivity index (χ0n) is 13.1. The Hall–Kier alpha value is -0.830. The van der Waals surface area contributed by atoms with Gasteiger partial charge in [0.05, 0.1) is 0 Å². The molecule has 1 nitrogen and oxygen atoms in total. The minimum atomic E-state index is 0. The van der Waals surface area contributed by atoms with Crippen LogP contribution in [0.25, 0.3) is 15.7 Å². The number of benzene rings is 1. The first-order chi connectivity index (χ1) is 9.65. The Kier molecular flexibility index (Phi) is 5.48. The summed E-state index contributed by atoms with van der Waals surface area (Å²) in [6.07, 6.45) is 6.38. The van der Waals surface area contributed by atoms with Crippen molar-refractivity contribution >= 4 is 39.4 Å². The van der Waals surface area contributed by atoms with Gasteiger partial charge < -0.3 is 4.90 Å². The Morgan fingerprint density at radius 3 is 2.86 bits per heavy atom. The van der Waals surface area contributed by atoms with E-state index in [4.69, 9.17) is 0 Å². The van der Waals surface area contributed by atoms with E-state index >= 15 is 0 Å². The molecule has 0 saturated carbocycles. The molecule has 21 heavy (non-hydrogen) atoms. The Balaban J connectivity index is 0.00000161. The van der Waals surface area contributed by atoms with Crippen molar-refractivity contribution in [2.24, 2.45) is 5.92 Å². The molecule has 0 amide bonds. The van der Waals surface area contributed by atoms with Gasteiger partial charge in [-0.05, 0) is 69.5 Å². The number of allylic oxidation sites excluding steroid dienone is 1. The quantitative estimate of drug-likeness (QED) is 0.734. The summed E-state index contributed by atoms with van der Waals surface area (Å²) in [4.78, 5) is 3.73. The van der Waals surface area contributed by atoms with Crippen LogP contribution in [0.4, 0.5) is 0 Å². The van der Waals surface area contributed by atoms with Gasteiger partial charge in [0.15, 0.2) is 0 Å².